The Morgan fingerprint density at radius 2 is 2.00 bits per heavy atom. The molecule has 0 aliphatic heterocycles. The number of ether oxygens (including phenoxy) is 1. The number of benzene rings is 2. The van der Waals surface area contributed by atoms with Crippen molar-refractivity contribution >= 4 is 28.5 Å². The van der Waals surface area contributed by atoms with E-state index in [0.29, 0.717) is 27.8 Å². The average Bonchev–Trinajstić information content (AvgIpc) is 3.33. The van der Waals surface area contributed by atoms with E-state index in [1.807, 2.05) is 24.3 Å². The Morgan fingerprint density at radius 1 is 1.19 bits per heavy atom. The minimum absolute atomic E-state index is 0.205. The molecule has 7 heteroatoms. The lowest BCUT2D eigenvalue weighted by Gasteiger charge is -2.00. The van der Waals surface area contributed by atoms with Crippen LogP contribution in [0.1, 0.15) is 16.2 Å². The summed E-state index contributed by atoms with van der Waals surface area (Å²) >= 11 is 5.88. The average molecular weight is 383 g/mol. The lowest BCUT2D eigenvalue weighted by molar-refractivity contribution is 0.0924. The number of methoxy groups -OCH3 is 1. The Balaban J connectivity index is 1.46. The molecule has 0 aliphatic rings. The van der Waals surface area contributed by atoms with Gasteiger partial charge in [-0.2, -0.15) is 0 Å². The minimum atomic E-state index is -0.343. The molecule has 1 N–H and O–H groups in total. The van der Waals surface area contributed by atoms with Gasteiger partial charge in [-0.3, -0.25) is 4.79 Å². The Morgan fingerprint density at radius 3 is 2.78 bits per heavy atom. The molecule has 0 aliphatic carbocycles. The van der Waals surface area contributed by atoms with Crippen molar-refractivity contribution in [3.63, 3.8) is 0 Å². The van der Waals surface area contributed by atoms with Crippen LogP contribution in [0.3, 0.4) is 0 Å². The number of nitrogens with zero attached hydrogens (tertiary/aromatic N) is 1. The van der Waals surface area contributed by atoms with Gasteiger partial charge in [-0.05, 0) is 36.4 Å². The molecule has 2 aromatic heterocycles. The summed E-state index contributed by atoms with van der Waals surface area (Å²) in [5, 5.41) is 8.19. The molecule has 0 radical (unpaired) electrons. The number of hydrogen-bond donors (Lipinski definition) is 1. The lowest BCUT2D eigenvalue weighted by Crippen LogP contribution is -2.22. The van der Waals surface area contributed by atoms with E-state index in [4.69, 9.17) is 25.3 Å². The van der Waals surface area contributed by atoms with E-state index in [0.717, 1.165) is 10.9 Å². The van der Waals surface area contributed by atoms with Crippen molar-refractivity contribution in [1.82, 2.24) is 10.5 Å². The first-order valence-corrected chi connectivity index (χ1v) is 8.58. The van der Waals surface area contributed by atoms with Gasteiger partial charge in [0.15, 0.2) is 22.9 Å². The molecule has 0 spiro atoms. The number of carbonyl (C=O) groups is 1. The van der Waals surface area contributed by atoms with Gasteiger partial charge in [-0.1, -0.05) is 28.9 Å². The fourth-order valence-electron chi connectivity index (χ4n) is 2.71. The second-order valence-electron chi connectivity index (χ2n) is 5.86. The van der Waals surface area contributed by atoms with Crippen LogP contribution >= 0.6 is 11.6 Å². The van der Waals surface area contributed by atoms with E-state index in [1.54, 1.807) is 37.4 Å². The highest BCUT2D eigenvalue weighted by Gasteiger charge is 2.15. The molecule has 27 heavy (non-hydrogen) atoms. The van der Waals surface area contributed by atoms with Gasteiger partial charge < -0.3 is 19.0 Å². The number of nitrogens with one attached hydrogen (secondary N) is 1. The summed E-state index contributed by atoms with van der Waals surface area (Å²) in [5.41, 5.74) is 1.99. The van der Waals surface area contributed by atoms with Crippen molar-refractivity contribution in [3.8, 4) is 17.1 Å². The first-order valence-electron chi connectivity index (χ1n) is 8.20. The molecule has 0 unspecified atom stereocenters. The molecule has 2 aromatic carbocycles. The van der Waals surface area contributed by atoms with Gasteiger partial charge in [0, 0.05) is 22.0 Å². The van der Waals surface area contributed by atoms with Crippen molar-refractivity contribution in [3.05, 3.63) is 71.1 Å². The van der Waals surface area contributed by atoms with E-state index in [1.165, 1.54) is 0 Å². The monoisotopic (exact) mass is 382 g/mol. The fourth-order valence-corrected chi connectivity index (χ4v) is 2.84. The Kier molecular flexibility index (Phi) is 4.56. The van der Waals surface area contributed by atoms with Crippen LogP contribution in [0, 0.1) is 0 Å². The SMILES string of the molecule is COc1cccc2cc(C(=O)NCc3cc(-c4ccc(Cl)cc4)on3)oc12. The molecular formula is C20H15ClN2O4. The van der Waals surface area contributed by atoms with Crippen molar-refractivity contribution in [2.45, 2.75) is 6.54 Å². The highest BCUT2D eigenvalue weighted by molar-refractivity contribution is 6.30. The van der Waals surface area contributed by atoms with Crippen LogP contribution in [-0.4, -0.2) is 18.2 Å². The maximum atomic E-state index is 12.4. The van der Waals surface area contributed by atoms with Gasteiger partial charge in [0.1, 0.15) is 5.69 Å². The quantitative estimate of drug-likeness (QED) is 0.542. The van der Waals surface area contributed by atoms with Crippen LogP contribution in [-0.2, 0) is 6.54 Å². The summed E-state index contributed by atoms with van der Waals surface area (Å²) < 4.78 is 16.2. The largest absolute Gasteiger partial charge is 0.493 e. The number of amides is 1. The summed E-state index contributed by atoms with van der Waals surface area (Å²) in [7, 11) is 1.56. The number of aromatic nitrogens is 1. The van der Waals surface area contributed by atoms with Gasteiger partial charge in [0.25, 0.3) is 5.91 Å². The molecule has 136 valence electrons. The Labute approximate surface area is 159 Å². The molecule has 4 aromatic rings. The first-order chi connectivity index (χ1) is 13.1. The summed E-state index contributed by atoms with van der Waals surface area (Å²) in [6.07, 6.45) is 0. The molecule has 6 nitrogen and oxygen atoms in total. The first kappa shape index (κ1) is 17.2. The second kappa shape index (κ2) is 7.17. The third-order valence-corrected chi connectivity index (χ3v) is 4.32. The minimum Gasteiger partial charge on any atom is -0.493 e. The molecule has 0 fully saturated rings. The van der Waals surface area contributed by atoms with Crippen LogP contribution in [0.2, 0.25) is 5.02 Å². The van der Waals surface area contributed by atoms with Crippen LogP contribution in [0.5, 0.6) is 5.75 Å². The van der Waals surface area contributed by atoms with Gasteiger partial charge >= 0.3 is 0 Å². The van der Waals surface area contributed by atoms with Crippen LogP contribution in [0.15, 0.2) is 63.5 Å². The van der Waals surface area contributed by atoms with Crippen LogP contribution < -0.4 is 10.1 Å². The summed E-state index contributed by atoms with van der Waals surface area (Å²) in [6, 6.07) is 16.1. The Bertz CT molecular complexity index is 1100. The molecule has 0 saturated carbocycles. The summed E-state index contributed by atoms with van der Waals surface area (Å²) in [4.78, 5) is 12.4. The van der Waals surface area contributed by atoms with E-state index >= 15 is 0 Å². The fraction of sp³-hybridized carbons (Fsp3) is 0.100. The van der Waals surface area contributed by atoms with Crippen molar-refractivity contribution in [2.24, 2.45) is 0 Å². The maximum Gasteiger partial charge on any atom is 0.287 e. The number of hydrogen-bond acceptors (Lipinski definition) is 5. The van der Waals surface area contributed by atoms with Crippen LogP contribution in [0.25, 0.3) is 22.3 Å². The summed E-state index contributed by atoms with van der Waals surface area (Å²) in [6.45, 7) is 0.212. The molecule has 2 heterocycles. The number of para-hydroxylation sites is 1. The van der Waals surface area contributed by atoms with Crippen LogP contribution in [0.4, 0.5) is 0 Å². The third kappa shape index (κ3) is 3.52. The van der Waals surface area contributed by atoms with Gasteiger partial charge in [0.05, 0.1) is 13.7 Å². The number of rotatable bonds is 5. The van der Waals surface area contributed by atoms with E-state index in [9.17, 15) is 4.79 Å². The predicted molar refractivity (Wildman–Crippen MR) is 101 cm³/mol. The third-order valence-electron chi connectivity index (χ3n) is 4.07. The van der Waals surface area contributed by atoms with Gasteiger partial charge in [-0.15, -0.1) is 0 Å². The topological polar surface area (TPSA) is 77.5 Å². The number of halogens is 1. The standard InChI is InChI=1S/C20H15ClN2O4/c1-25-16-4-2-3-13-9-18(26-19(13)16)20(24)22-11-15-10-17(27-23-15)12-5-7-14(21)8-6-12/h2-10H,11H2,1H3,(H,22,24). The zero-order valence-corrected chi connectivity index (χ0v) is 15.1. The molecule has 0 bridgehead atoms. The second-order valence-corrected chi connectivity index (χ2v) is 6.30. The molecular weight excluding hydrogens is 368 g/mol. The highest BCUT2D eigenvalue weighted by atomic mass is 35.5. The number of furan rings is 1. The van der Waals surface area contributed by atoms with E-state index in [-0.39, 0.29) is 18.2 Å². The molecule has 4 rings (SSSR count). The number of fused-ring (bicyclic) bond motifs is 1. The lowest BCUT2D eigenvalue weighted by atomic mass is 10.1. The van der Waals surface area contributed by atoms with Gasteiger partial charge in [0.2, 0.25) is 0 Å². The van der Waals surface area contributed by atoms with Crippen molar-refractivity contribution in [1.29, 1.82) is 0 Å². The smallest absolute Gasteiger partial charge is 0.287 e. The number of carbonyl (C=O) groups excluding carboxylic acids is 1. The summed E-state index contributed by atoms with van der Waals surface area (Å²) in [5.74, 6) is 1.04. The van der Waals surface area contributed by atoms with E-state index < -0.39 is 0 Å². The van der Waals surface area contributed by atoms with Gasteiger partial charge in [-0.25, -0.2) is 0 Å². The van der Waals surface area contributed by atoms with Crippen molar-refractivity contribution < 1.29 is 18.5 Å². The zero-order valence-electron chi connectivity index (χ0n) is 14.4. The normalized spacial score (nSPS) is 10.9. The molecule has 0 atom stereocenters. The maximum absolute atomic E-state index is 12.4. The Hall–Kier alpha value is -3.25. The van der Waals surface area contributed by atoms with E-state index in [2.05, 4.69) is 10.5 Å². The predicted octanol–water partition coefficient (Wildman–Crippen LogP) is 4.68. The molecule has 0 saturated heterocycles. The van der Waals surface area contributed by atoms with Crippen molar-refractivity contribution in [2.75, 3.05) is 7.11 Å². The molecule has 1 amide bonds. The highest BCUT2D eigenvalue weighted by Crippen LogP contribution is 2.28. The zero-order chi connectivity index (χ0) is 18.8.